The lowest BCUT2D eigenvalue weighted by molar-refractivity contribution is 0.420. The van der Waals surface area contributed by atoms with Crippen molar-refractivity contribution in [3.8, 4) is 5.75 Å². The second-order valence-electron chi connectivity index (χ2n) is 2.78. The number of benzene rings is 1. The fraction of sp³-hybridized carbons (Fsp3) is 0.100. The average Bonchev–Trinajstić information content (AvgIpc) is 2.19. The summed E-state index contributed by atoms with van der Waals surface area (Å²) in [5, 5.41) is 1.93. The Kier molecular flexibility index (Phi) is 1.77. The summed E-state index contributed by atoms with van der Waals surface area (Å²) in [6, 6.07) is 5.57. The van der Waals surface area contributed by atoms with E-state index in [-0.39, 0.29) is 0 Å². The number of hydrogen-bond acceptors (Lipinski definition) is 3. The number of aromatic nitrogens is 1. The van der Waals surface area contributed by atoms with E-state index < -0.39 is 0 Å². The Balaban J connectivity index is 2.84. The standard InChI is InChI=1S/C10H10N2O/c1-13-10-3-2-9(11)8-6-12-5-4-7(8)10/h2-6H,11H2,1H3. The SMILES string of the molecule is COc1ccc(N)c2cnccc12. The summed E-state index contributed by atoms with van der Waals surface area (Å²) in [4.78, 5) is 4.01. The highest BCUT2D eigenvalue weighted by Crippen LogP contribution is 2.28. The molecule has 0 unspecified atom stereocenters. The highest BCUT2D eigenvalue weighted by Gasteiger charge is 2.02. The van der Waals surface area contributed by atoms with Crippen LogP contribution in [-0.2, 0) is 0 Å². The molecule has 0 amide bonds. The first-order valence-corrected chi connectivity index (χ1v) is 3.99. The van der Waals surface area contributed by atoms with Crippen molar-refractivity contribution < 1.29 is 4.74 Å². The predicted molar refractivity (Wildman–Crippen MR) is 52.7 cm³/mol. The van der Waals surface area contributed by atoms with Crippen molar-refractivity contribution in [1.82, 2.24) is 4.98 Å². The normalized spacial score (nSPS) is 10.2. The van der Waals surface area contributed by atoms with E-state index in [1.165, 1.54) is 0 Å². The van der Waals surface area contributed by atoms with Gasteiger partial charge in [-0.2, -0.15) is 0 Å². The van der Waals surface area contributed by atoms with E-state index in [9.17, 15) is 0 Å². The zero-order chi connectivity index (χ0) is 9.26. The van der Waals surface area contributed by atoms with Crippen LogP contribution >= 0.6 is 0 Å². The van der Waals surface area contributed by atoms with Gasteiger partial charge in [0.15, 0.2) is 0 Å². The summed E-state index contributed by atoms with van der Waals surface area (Å²) >= 11 is 0. The van der Waals surface area contributed by atoms with Crippen molar-refractivity contribution in [2.24, 2.45) is 0 Å². The lowest BCUT2D eigenvalue weighted by atomic mass is 10.1. The van der Waals surface area contributed by atoms with E-state index in [1.807, 2.05) is 18.2 Å². The third-order valence-electron chi connectivity index (χ3n) is 2.03. The minimum Gasteiger partial charge on any atom is -0.496 e. The number of anilines is 1. The average molecular weight is 174 g/mol. The topological polar surface area (TPSA) is 48.1 Å². The molecule has 0 saturated heterocycles. The molecule has 13 heavy (non-hydrogen) atoms. The van der Waals surface area contributed by atoms with Crippen LogP contribution in [0.25, 0.3) is 10.8 Å². The van der Waals surface area contributed by atoms with E-state index in [0.29, 0.717) is 0 Å². The van der Waals surface area contributed by atoms with Gasteiger partial charge in [-0.05, 0) is 18.2 Å². The first-order chi connectivity index (χ1) is 6.33. The zero-order valence-electron chi connectivity index (χ0n) is 7.32. The van der Waals surface area contributed by atoms with Crippen LogP contribution in [0.15, 0.2) is 30.6 Å². The van der Waals surface area contributed by atoms with Gasteiger partial charge in [-0.25, -0.2) is 0 Å². The van der Waals surface area contributed by atoms with E-state index >= 15 is 0 Å². The van der Waals surface area contributed by atoms with Gasteiger partial charge in [0.05, 0.1) is 7.11 Å². The van der Waals surface area contributed by atoms with Crippen LogP contribution in [0.2, 0.25) is 0 Å². The van der Waals surface area contributed by atoms with Gasteiger partial charge in [0.1, 0.15) is 5.75 Å². The molecule has 2 aromatic rings. The van der Waals surface area contributed by atoms with E-state index in [4.69, 9.17) is 10.5 Å². The van der Waals surface area contributed by atoms with Crippen LogP contribution in [0.1, 0.15) is 0 Å². The van der Waals surface area contributed by atoms with Gasteiger partial charge in [-0.15, -0.1) is 0 Å². The lowest BCUT2D eigenvalue weighted by Crippen LogP contribution is -1.90. The van der Waals surface area contributed by atoms with Crippen molar-refractivity contribution in [2.45, 2.75) is 0 Å². The molecule has 0 atom stereocenters. The number of methoxy groups -OCH3 is 1. The Bertz CT molecular complexity index is 440. The minimum atomic E-state index is 0.726. The molecule has 0 aliphatic heterocycles. The van der Waals surface area contributed by atoms with Crippen LogP contribution in [0.3, 0.4) is 0 Å². The predicted octanol–water partition coefficient (Wildman–Crippen LogP) is 1.83. The van der Waals surface area contributed by atoms with Gasteiger partial charge in [-0.1, -0.05) is 0 Å². The summed E-state index contributed by atoms with van der Waals surface area (Å²) in [7, 11) is 1.64. The molecule has 0 spiro atoms. The van der Waals surface area contributed by atoms with Crippen molar-refractivity contribution >= 4 is 16.5 Å². The Labute approximate surface area is 76.2 Å². The van der Waals surface area contributed by atoms with Crippen molar-refractivity contribution in [2.75, 3.05) is 12.8 Å². The van der Waals surface area contributed by atoms with Gasteiger partial charge in [0.25, 0.3) is 0 Å². The molecular formula is C10H10N2O. The highest BCUT2D eigenvalue weighted by molar-refractivity contribution is 5.96. The van der Waals surface area contributed by atoms with E-state index in [1.54, 1.807) is 19.5 Å². The highest BCUT2D eigenvalue weighted by atomic mass is 16.5. The molecule has 2 rings (SSSR count). The van der Waals surface area contributed by atoms with Crippen LogP contribution < -0.4 is 10.5 Å². The summed E-state index contributed by atoms with van der Waals surface area (Å²) in [5.41, 5.74) is 6.51. The number of hydrogen-bond donors (Lipinski definition) is 1. The first-order valence-electron chi connectivity index (χ1n) is 3.99. The molecule has 1 aromatic heterocycles. The summed E-state index contributed by atoms with van der Waals surface area (Å²) in [6.45, 7) is 0. The minimum absolute atomic E-state index is 0.726. The number of nitrogens with zero attached hydrogens (tertiary/aromatic N) is 1. The van der Waals surface area contributed by atoms with Crippen LogP contribution in [0.5, 0.6) is 5.75 Å². The Morgan fingerprint density at radius 1 is 1.23 bits per heavy atom. The Morgan fingerprint density at radius 3 is 2.85 bits per heavy atom. The van der Waals surface area contributed by atoms with Gasteiger partial charge >= 0.3 is 0 Å². The van der Waals surface area contributed by atoms with E-state index in [2.05, 4.69) is 4.98 Å². The van der Waals surface area contributed by atoms with E-state index in [0.717, 1.165) is 22.2 Å². The van der Waals surface area contributed by atoms with Crippen molar-refractivity contribution in [1.29, 1.82) is 0 Å². The molecule has 0 radical (unpaired) electrons. The summed E-state index contributed by atoms with van der Waals surface area (Å²) in [5.74, 6) is 0.826. The second-order valence-corrected chi connectivity index (χ2v) is 2.78. The Hall–Kier alpha value is -1.77. The third-order valence-corrected chi connectivity index (χ3v) is 2.03. The number of fused-ring (bicyclic) bond motifs is 1. The smallest absolute Gasteiger partial charge is 0.126 e. The molecule has 66 valence electrons. The molecule has 0 aliphatic carbocycles. The quantitative estimate of drug-likeness (QED) is 0.671. The van der Waals surface area contributed by atoms with Gasteiger partial charge in [0.2, 0.25) is 0 Å². The number of nitrogen functional groups attached to an aromatic ring is 1. The van der Waals surface area contributed by atoms with Gasteiger partial charge < -0.3 is 10.5 Å². The van der Waals surface area contributed by atoms with Crippen molar-refractivity contribution in [3.05, 3.63) is 30.6 Å². The maximum atomic E-state index is 5.78. The Morgan fingerprint density at radius 2 is 2.08 bits per heavy atom. The molecule has 3 heteroatoms. The molecular weight excluding hydrogens is 164 g/mol. The third kappa shape index (κ3) is 1.18. The summed E-state index contributed by atoms with van der Waals surface area (Å²) < 4.78 is 5.20. The number of pyridine rings is 1. The van der Waals surface area contributed by atoms with Gasteiger partial charge in [-0.3, -0.25) is 4.98 Å². The largest absolute Gasteiger partial charge is 0.496 e. The second kappa shape index (κ2) is 2.94. The molecule has 1 heterocycles. The van der Waals surface area contributed by atoms with Crippen LogP contribution in [0.4, 0.5) is 5.69 Å². The molecule has 0 bridgehead atoms. The number of nitrogens with two attached hydrogens (primary N) is 1. The molecule has 0 saturated carbocycles. The maximum Gasteiger partial charge on any atom is 0.126 e. The molecule has 1 aromatic carbocycles. The van der Waals surface area contributed by atoms with Crippen LogP contribution in [-0.4, -0.2) is 12.1 Å². The van der Waals surface area contributed by atoms with Crippen LogP contribution in [0, 0.1) is 0 Å². The molecule has 2 N–H and O–H groups in total. The fourth-order valence-electron chi connectivity index (χ4n) is 1.36. The fourth-order valence-corrected chi connectivity index (χ4v) is 1.36. The number of ether oxygens (including phenoxy) is 1. The summed E-state index contributed by atoms with van der Waals surface area (Å²) in [6.07, 6.45) is 3.47. The number of rotatable bonds is 1. The molecule has 0 aliphatic rings. The first kappa shape index (κ1) is 7.86. The maximum absolute atomic E-state index is 5.78. The lowest BCUT2D eigenvalue weighted by Gasteiger charge is -2.06. The monoisotopic (exact) mass is 174 g/mol. The molecule has 0 fully saturated rings. The zero-order valence-corrected chi connectivity index (χ0v) is 7.32. The van der Waals surface area contributed by atoms with Crippen molar-refractivity contribution in [3.63, 3.8) is 0 Å². The van der Waals surface area contributed by atoms with Gasteiger partial charge in [0, 0.05) is 28.9 Å². The molecule has 3 nitrogen and oxygen atoms in total.